The molecule has 0 radical (unpaired) electrons. The molecule has 0 aliphatic rings. The summed E-state index contributed by atoms with van der Waals surface area (Å²) in [4.78, 5) is 26.0. The van der Waals surface area contributed by atoms with E-state index in [1.165, 1.54) is 6.07 Å². The third-order valence-electron chi connectivity index (χ3n) is 4.16. The summed E-state index contributed by atoms with van der Waals surface area (Å²) in [5.41, 5.74) is 0.888. The van der Waals surface area contributed by atoms with Gasteiger partial charge in [0, 0.05) is 24.1 Å². The van der Waals surface area contributed by atoms with Gasteiger partial charge in [-0.3, -0.25) is 4.79 Å². The first kappa shape index (κ1) is 21.3. The quantitative estimate of drug-likeness (QED) is 0.522. The lowest BCUT2D eigenvalue weighted by molar-refractivity contribution is -0.127. The highest BCUT2D eigenvalue weighted by molar-refractivity contribution is 6.32. The maximum Gasteiger partial charge on any atom is 0.336 e. The van der Waals surface area contributed by atoms with Crippen LogP contribution in [0.25, 0.3) is 11.0 Å². The molecule has 1 aromatic heterocycles. The Morgan fingerprint density at radius 1 is 1.33 bits per heavy atom. The predicted molar refractivity (Wildman–Crippen MR) is 108 cm³/mol. The van der Waals surface area contributed by atoms with Crippen LogP contribution in [0.1, 0.15) is 32.3 Å². The first-order valence-electron chi connectivity index (χ1n) is 9.17. The Morgan fingerprint density at radius 2 is 2.07 bits per heavy atom. The van der Waals surface area contributed by atoms with Crippen LogP contribution in [0.2, 0.25) is 5.02 Å². The summed E-state index contributed by atoms with van der Waals surface area (Å²) in [5.74, 6) is 0.100. The minimum atomic E-state index is -0.718. The van der Waals surface area contributed by atoms with E-state index in [0.717, 1.165) is 36.8 Å². The van der Waals surface area contributed by atoms with Gasteiger partial charge in [-0.1, -0.05) is 24.9 Å². The smallest absolute Gasteiger partial charge is 0.336 e. The standard InChI is InChI=1S/C20H27ClN2O4/c1-5-7-14-10-19(24)27-17-12-18(16(21)11-15(14)17)26-13(2)20(25)22-8-6-9-23(3)4/h10-13H,5-9H2,1-4H3,(H,22,25). The van der Waals surface area contributed by atoms with E-state index in [-0.39, 0.29) is 5.91 Å². The van der Waals surface area contributed by atoms with Crippen molar-refractivity contribution >= 4 is 28.5 Å². The molecule has 1 aromatic carbocycles. The van der Waals surface area contributed by atoms with E-state index in [0.29, 0.717) is 22.9 Å². The highest BCUT2D eigenvalue weighted by Crippen LogP contribution is 2.32. The van der Waals surface area contributed by atoms with Crippen molar-refractivity contribution in [2.45, 2.75) is 39.2 Å². The molecule has 0 bridgehead atoms. The van der Waals surface area contributed by atoms with Crippen LogP contribution in [-0.2, 0) is 11.2 Å². The van der Waals surface area contributed by atoms with Crippen molar-refractivity contribution in [2.75, 3.05) is 27.2 Å². The fourth-order valence-corrected chi connectivity index (χ4v) is 3.00. The Morgan fingerprint density at radius 3 is 2.74 bits per heavy atom. The third-order valence-corrected chi connectivity index (χ3v) is 4.45. The van der Waals surface area contributed by atoms with Gasteiger partial charge in [0.1, 0.15) is 11.3 Å². The molecule has 0 saturated heterocycles. The molecule has 2 rings (SSSR count). The van der Waals surface area contributed by atoms with Crippen LogP contribution in [0.5, 0.6) is 5.75 Å². The van der Waals surface area contributed by atoms with Crippen molar-refractivity contribution < 1.29 is 13.9 Å². The lowest BCUT2D eigenvalue weighted by Crippen LogP contribution is -2.37. The molecule has 1 atom stereocenters. The van der Waals surface area contributed by atoms with Crippen molar-refractivity contribution in [3.8, 4) is 5.75 Å². The topological polar surface area (TPSA) is 71.8 Å². The van der Waals surface area contributed by atoms with Crippen LogP contribution >= 0.6 is 11.6 Å². The summed E-state index contributed by atoms with van der Waals surface area (Å²) in [6.07, 6.45) is 1.79. The van der Waals surface area contributed by atoms with Gasteiger partial charge in [0.2, 0.25) is 0 Å². The lowest BCUT2D eigenvalue weighted by atomic mass is 10.1. The van der Waals surface area contributed by atoms with Crippen molar-refractivity contribution in [3.05, 3.63) is 39.2 Å². The van der Waals surface area contributed by atoms with Crippen molar-refractivity contribution in [1.29, 1.82) is 0 Å². The van der Waals surface area contributed by atoms with Crippen LogP contribution in [0.15, 0.2) is 27.4 Å². The van der Waals surface area contributed by atoms with Gasteiger partial charge in [0.15, 0.2) is 6.10 Å². The number of hydrogen-bond donors (Lipinski definition) is 1. The molecule has 1 N–H and O–H groups in total. The van der Waals surface area contributed by atoms with Crippen LogP contribution in [0.4, 0.5) is 0 Å². The molecule has 0 fully saturated rings. The first-order chi connectivity index (χ1) is 12.8. The van der Waals surface area contributed by atoms with E-state index in [4.69, 9.17) is 20.8 Å². The number of carbonyl (C=O) groups is 1. The minimum Gasteiger partial charge on any atom is -0.479 e. The molecule has 0 spiro atoms. The molecule has 1 amide bonds. The van der Waals surface area contributed by atoms with Gasteiger partial charge in [-0.25, -0.2) is 4.79 Å². The predicted octanol–water partition coefficient (Wildman–Crippen LogP) is 3.23. The van der Waals surface area contributed by atoms with E-state index < -0.39 is 11.7 Å². The summed E-state index contributed by atoms with van der Waals surface area (Å²) in [6.45, 7) is 5.17. The Labute approximate surface area is 164 Å². The number of halogens is 1. The van der Waals surface area contributed by atoms with E-state index in [1.54, 1.807) is 19.1 Å². The maximum atomic E-state index is 12.2. The van der Waals surface area contributed by atoms with Gasteiger partial charge in [0.25, 0.3) is 5.91 Å². The second-order valence-electron chi connectivity index (χ2n) is 6.83. The number of amides is 1. The van der Waals surface area contributed by atoms with Gasteiger partial charge < -0.3 is 19.4 Å². The number of hydrogen-bond acceptors (Lipinski definition) is 5. The minimum absolute atomic E-state index is 0.217. The summed E-state index contributed by atoms with van der Waals surface area (Å²) in [5, 5.41) is 4.01. The van der Waals surface area contributed by atoms with Crippen molar-refractivity contribution in [2.24, 2.45) is 0 Å². The zero-order chi connectivity index (χ0) is 20.0. The summed E-state index contributed by atoms with van der Waals surface area (Å²) in [6, 6.07) is 4.79. The molecule has 0 aliphatic carbocycles. The molecule has 27 heavy (non-hydrogen) atoms. The molecule has 0 saturated carbocycles. The number of benzene rings is 1. The normalized spacial score (nSPS) is 12.4. The number of nitrogens with zero attached hydrogens (tertiary/aromatic N) is 1. The Balaban J connectivity index is 2.12. The third kappa shape index (κ3) is 5.97. The zero-order valence-corrected chi connectivity index (χ0v) is 17.1. The summed E-state index contributed by atoms with van der Waals surface area (Å²) >= 11 is 6.34. The Hall–Kier alpha value is -2.05. The number of carbonyl (C=O) groups excluding carboxylic acids is 1. The van der Waals surface area contributed by atoms with Crippen LogP contribution < -0.4 is 15.7 Å². The van der Waals surface area contributed by atoms with Gasteiger partial charge in [0.05, 0.1) is 5.02 Å². The van der Waals surface area contributed by atoms with Crippen LogP contribution in [0.3, 0.4) is 0 Å². The fraction of sp³-hybridized carbons (Fsp3) is 0.500. The number of nitrogens with one attached hydrogen (secondary N) is 1. The molecule has 1 unspecified atom stereocenters. The van der Waals surface area contributed by atoms with Gasteiger partial charge in [-0.15, -0.1) is 0 Å². The highest BCUT2D eigenvalue weighted by atomic mass is 35.5. The number of fused-ring (bicyclic) bond motifs is 1. The summed E-state index contributed by atoms with van der Waals surface area (Å²) < 4.78 is 11.0. The molecule has 2 aromatic rings. The number of rotatable bonds is 9. The monoisotopic (exact) mass is 394 g/mol. The van der Waals surface area contributed by atoms with Crippen LogP contribution in [-0.4, -0.2) is 44.1 Å². The second kappa shape index (κ2) is 9.76. The molecule has 1 heterocycles. The lowest BCUT2D eigenvalue weighted by Gasteiger charge is -2.17. The number of aryl methyl sites for hydroxylation is 1. The Kier molecular flexibility index (Phi) is 7.68. The van der Waals surface area contributed by atoms with Crippen molar-refractivity contribution in [1.82, 2.24) is 10.2 Å². The van der Waals surface area contributed by atoms with Gasteiger partial charge >= 0.3 is 5.63 Å². The maximum absolute atomic E-state index is 12.2. The molecular formula is C20H27ClN2O4. The largest absolute Gasteiger partial charge is 0.479 e. The molecule has 148 valence electrons. The summed E-state index contributed by atoms with van der Waals surface area (Å²) in [7, 11) is 3.97. The molecule has 6 nitrogen and oxygen atoms in total. The van der Waals surface area contributed by atoms with Crippen LogP contribution in [0, 0.1) is 0 Å². The Bertz CT molecular complexity index is 848. The average Bonchev–Trinajstić information content (AvgIpc) is 2.59. The molecule has 0 aliphatic heterocycles. The van der Waals surface area contributed by atoms with E-state index in [1.807, 2.05) is 21.0 Å². The molecular weight excluding hydrogens is 368 g/mol. The second-order valence-corrected chi connectivity index (χ2v) is 7.23. The number of ether oxygens (including phenoxy) is 1. The fourth-order valence-electron chi connectivity index (χ4n) is 2.79. The van der Waals surface area contributed by atoms with E-state index in [2.05, 4.69) is 10.2 Å². The zero-order valence-electron chi connectivity index (χ0n) is 16.3. The molecule has 7 heteroatoms. The first-order valence-corrected chi connectivity index (χ1v) is 9.55. The SMILES string of the molecule is CCCc1cc(=O)oc2cc(OC(C)C(=O)NCCCN(C)C)c(Cl)cc12. The van der Waals surface area contributed by atoms with Gasteiger partial charge in [-0.2, -0.15) is 0 Å². The average molecular weight is 395 g/mol. The van der Waals surface area contributed by atoms with E-state index in [9.17, 15) is 9.59 Å². The van der Waals surface area contributed by atoms with E-state index >= 15 is 0 Å². The van der Waals surface area contributed by atoms with Gasteiger partial charge in [-0.05, 0) is 52.0 Å². The van der Waals surface area contributed by atoms with Crippen molar-refractivity contribution in [3.63, 3.8) is 0 Å². The highest BCUT2D eigenvalue weighted by Gasteiger charge is 2.17.